The van der Waals surface area contributed by atoms with Crippen LogP contribution in [0.2, 0.25) is 5.02 Å². The number of carboxylic acid groups (broad SMARTS) is 1. The molecule has 1 atom stereocenters. The van der Waals surface area contributed by atoms with Crippen LogP contribution in [0.25, 0.3) is 0 Å². The summed E-state index contributed by atoms with van der Waals surface area (Å²) < 4.78 is 5.27. The van der Waals surface area contributed by atoms with Crippen LogP contribution in [0.5, 0.6) is 0 Å². The van der Waals surface area contributed by atoms with E-state index in [9.17, 15) is 9.90 Å². The summed E-state index contributed by atoms with van der Waals surface area (Å²) in [7, 11) is 1.67. The summed E-state index contributed by atoms with van der Waals surface area (Å²) in [5.41, 5.74) is 0.843. The van der Waals surface area contributed by atoms with E-state index >= 15 is 0 Å². The normalized spacial score (nSPS) is 19.6. The van der Waals surface area contributed by atoms with Crippen molar-refractivity contribution < 1.29 is 14.6 Å². The number of hydrogen-bond donors (Lipinski definition) is 1. The number of rotatable bonds is 3. The van der Waals surface area contributed by atoms with E-state index in [-0.39, 0.29) is 16.7 Å². The van der Waals surface area contributed by atoms with Crippen LogP contribution in [-0.2, 0) is 4.74 Å². The summed E-state index contributed by atoms with van der Waals surface area (Å²) in [4.78, 5) is 13.2. The van der Waals surface area contributed by atoms with E-state index in [4.69, 9.17) is 16.3 Å². The van der Waals surface area contributed by atoms with Crippen molar-refractivity contribution >= 4 is 23.3 Å². The highest BCUT2D eigenvalue weighted by Gasteiger charge is 2.26. The minimum absolute atomic E-state index is 0.163. The molecule has 92 valence electrons. The smallest absolute Gasteiger partial charge is 0.339 e. The van der Waals surface area contributed by atoms with Crippen molar-refractivity contribution in [2.75, 3.05) is 25.1 Å². The number of carbonyl (C=O) groups is 1. The molecule has 0 radical (unpaired) electrons. The molecular formula is C12H14ClNO3. The Morgan fingerprint density at radius 3 is 2.94 bits per heavy atom. The first-order valence-electron chi connectivity index (χ1n) is 5.43. The van der Waals surface area contributed by atoms with E-state index in [2.05, 4.69) is 0 Å². The minimum Gasteiger partial charge on any atom is -0.478 e. The summed E-state index contributed by atoms with van der Waals surface area (Å²) >= 11 is 5.93. The zero-order valence-electron chi connectivity index (χ0n) is 9.52. The summed E-state index contributed by atoms with van der Waals surface area (Å²) in [6.07, 6.45) is 1.07. The minimum atomic E-state index is -0.994. The van der Waals surface area contributed by atoms with Gasteiger partial charge in [-0.3, -0.25) is 0 Å². The number of methoxy groups -OCH3 is 1. The second-order valence-electron chi connectivity index (χ2n) is 4.03. The molecule has 0 bridgehead atoms. The van der Waals surface area contributed by atoms with Gasteiger partial charge in [-0.05, 0) is 18.6 Å². The molecule has 0 spiro atoms. The fraction of sp³-hybridized carbons (Fsp3) is 0.417. The number of benzene rings is 1. The molecule has 5 heteroatoms. The van der Waals surface area contributed by atoms with Crippen LogP contribution in [0.3, 0.4) is 0 Å². The third-order valence-corrected chi connectivity index (χ3v) is 3.34. The van der Waals surface area contributed by atoms with Crippen molar-refractivity contribution in [3.8, 4) is 0 Å². The molecule has 0 aromatic heterocycles. The maximum absolute atomic E-state index is 11.2. The van der Waals surface area contributed by atoms with Gasteiger partial charge in [0.1, 0.15) is 5.56 Å². The molecule has 0 saturated carbocycles. The first-order chi connectivity index (χ1) is 8.13. The van der Waals surface area contributed by atoms with Crippen molar-refractivity contribution in [3.63, 3.8) is 0 Å². The van der Waals surface area contributed by atoms with Crippen molar-refractivity contribution in [1.29, 1.82) is 0 Å². The van der Waals surface area contributed by atoms with Crippen LogP contribution >= 0.6 is 11.6 Å². The second kappa shape index (κ2) is 4.94. The lowest BCUT2D eigenvalue weighted by atomic mass is 10.1. The Morgan fingerprint density at radius 1 is 1.59 bits per heavy atom. The van der Waals surface area contributed by atoms with Gasteiger partial charge in [-0.1, -0.05) is 17.7 Å². The largest absolute Gasteiger partial charge is 0.478 e. The number of ether oxygens (including phenoxy) is 1. The number of aromatic carboxylic acids is 1. The molecular weight excluding hydrogens is 242 g/mol. The molecule has 1 aromatic carbocycles. The fourth-order valence-corrected chi connectivity index (χ4v) is 2.38. The number of anilines is 1. The van der Waals surface area contributed by atoms with Crippen molar-refractivity contribution in [3.05, 3.63) is 28.8 Å². The number of nitrogens with zero attached hydrogens (tertiary/aromatic N) is 1. The summed E-state index contributed by atoms with van der Waals surface area (Å²) in [6.45, 7) is 1.50. The molecule has 1 fully saturated rings. The van der Waals surface area contributed by atoms with Gasteiger partial charge in [0.05, 0.1) is 16.8 Å². The Bertz CT molecular complexity index is 436. The first kappa shape index (κ1) is 12.2. The Kier molecular flexibility index (Phi) is 3.54. The molecule has 1 saturated heterocycles. The van der Waals surface area contributed by atoms with Gasteiger partial charge < -0.3 is 14.7 Å². The summed E-state index contributed by atoms with van der Waals surface area (Å²) in [5, 5.41) is 9.46. The van der Waals surface area contributed by atoms with Gasteiger partial charge in [0.2, 0.25) is 0 Å². The standard InChI is InChI=1S/C12H14ClNO3/c1-17-8-5-6-14(7-8)10-4-2-3-9(13)11(10)12(15)16/h2-4,8H,5-7H2,1H3,(H,15,16). The maximum atomic E-state index is 11.2. The molecule has 1 unspecified atom stereocenters. The van der Waals surface area contributed by atoms with Crippen LogP contribution in [0.1, 0.15) is 16.8 Å². The third kappa shape index (κ3) is 2.37. The highest BCUT2D eigenvalue weighted by molar-refractivity contribution is 6.34. The summed E-state index contributed by atoms with van der Waals surface area (Å²) in [6, 6.07) is 5.15. The van der Waals surface area contributed by atoms with Gasteiger partial charge in [0.25, 0.3) is 0 Å². The molecule has 1 aromatic rings. The van der Waals surface area contributed by atoms with E-state index in [1.807, 2.05) is 4.90 Å². The number of halogens is 1. The molecule has 1 N–H and O–H groups in total. The predicted octanol–water partition coefficient (Wildman–Crippen LogP) is 2.26. The maximum Gasteiger partial charge on any atom is 0.339 e. The molecule has 17 heavy (non-hydrogen) atoms. The SMILES string of the molecule is COC1CCN(c2cccc(Cl)c2C(=O)O)C1. The van der Waals surface area contributed by atoms with Gasteiger partial charge in [-0.2, -0.15) is 0 Å². The third-order valence-electron chi connectivity index (χ3n) is 3.02. The van der Waals surface area contributed by atoms with Gasteiger partial charge >= 0.3 is 5.97 Å². The van der Waals surface area contributed by atoms with E-state index in [1.165, 1.54) is 0 Å². The van der Waals surface area contributed by atoms with Crippen LogP contribution in [0.15, 0.2) is 18.2 Å². The van der Waals surface area contributed by atoms with Crippen molar-refractivity contribution in [2.45, 2.75) is 12.5 Å². The average molecular weight is 256 g/mol. The Hall–Kier alpha value is -1.26. The van der Waals surface area contributed by atoms with Crippen molar-refractivity contribution in [2.24, 2.45) is 0 Å². The zero-order valence-corrected chi connectivity index (χ0v) is 10.3. The highest BCUT2D eigenvalue weighted by atomic mass is 35.5. The molecule has 2 rings (SSSR count). The van der Waals surface area contributed by atoms with E-state index in [0.717, 1.165) is 13.0 Å². The molecule has 0 amide bonds. The van der Waals surface area contributed by atoms with Gasteiger partial charge in [-0.25, -0.2) is 4.79 Å². The number of carboxylic acids is 1. The van der Waals surface area contributed by atoms with E-state index in [1.54, 1.807) is 25.3 Å². The first-order valence-corrected chi connectivity index (χ1v) is 5.81. The monoisotopic (exact) mass is 255 g/mol. The van der Waals surface area contributed by atoms with Crippen molar-refractivity contribution in [1.82, 2.24) is 0 Å². The average Bonchev–Trinajstić information content (AvgIpc) is 2.76. The Morgan fingerprint density at radius 2 is 2.35 bits per heavy atom. The van der Waals surface area contributed by atoms with E-state index < -0.39 is 5.97 Å². The lowest BCUT2D eigenvalue weighted by Gasteiger charge is -2.20. The predicted molar refractivity (Wildman–Crippen MR) is 66.0 cm³/mol. The quantitative estimate of drug-likeness (QED) is 0.900. The molecule has 1 heterocycles. The molecule has 4 nitrogen and oxygen atoms in total. The molecule has 1 aliphatic rings. The Labute approximate surface area is 105 Å². The molecule has 1 aliphatic heterocycles. The van der Waals surface area contributed by atoms with Crippen LogP contribution < -0.4 is 4.90 Å². The summed E-state index contributed by atoms with van der Waals surface area (Å²) in [5.74, 6) is -0.994. The van der Waals surface area contributed by atoms with Crippen LogP contribution in [0.4, 0.5) is 5.69 Å². The molecule has 0 aliphatic carbocycles. The van der Waals surface area contributed by atoms with Crippen LogP contribution in [-0.4, -0.2) is 37.4 Å². The lowest BCUT2D eigenvalue weighted by Crippen LogP contribution is -2.24. The Balaban J connectivity index is 2.33. The van der Waals surface area contributed by atoms with Crippen LogP contribution in [0, 0.1) is 0 Å². The number of hydrogen-bond acceptors (Lipinski definition) is 3. The topological polar surface area (TPSA) is 49.8 Å². The van der Waals surface area contributed by atoms with Gasteiger partial charge in [0.15, 0.2) is 0 Å². The second-order valence-corrected chi connectivity index (χ2v) is 4.44. The van der Waals surface area contributed by atoms with Gasteiger partial charge in [-0.15, -0.1) is 0 Å². The lowest BCUT2D eigenvalue weighted by molar-refractivity contribution is 0.0697. The van der Waals surface area contributed by atoms with Gasteiger partial charge in [0, 0.05) is 20.2 Å². The zero-order chi connectivity index (χ0) is 12.4. The van der Waals surface area contributed by atoms with E-state index in [0.29, 0.717) is 12.2 Å². The fourth-order valence-electron chi connectivity index (χ4n) is 2.13. The highest BCUT2D eigenvalue weighted by Crippen LogP contribution is 2.30.